The van der Waals surface area contributed by atoms with Crippen molar-refractivity contribution in [2.45, 2.75) is 25.3 Å². The Bertz CT molecular complexity index is 591. The lowest BCUT2D eigenvalue weighted by Gasteiger charge is -2.17. The van der Waals surface area contributed by atoms with E-state index in [1.807, 2.05) is 0 Å². The third-order valence-corrected chi connectivity index (χ3v) is 4.46. The number of amides is 1. The van der Waals surface area contributed by atoms with Crippen molar-refractivity contribution >= 4 is 35.3 Å². The molecule has 1 aliphatic heterocycles. The summed E-state index contributed by atoms with van der Waals surface area (Å²) >= 11 is 11.9. The highest BCUT2D eigenvalue weighted by Gasteiger charge is 2.22. The summed E-state index contributed by atoms with van der Waals surface area (Å²) in [5, 5.41) is 12.5. The minimum Gasteiger partial charge on any atom is -0.480 e. The normalized spacial score (nSPS) is 15.9. The summed E-state index contributed by atoms with van der Waals surface area (Å²) in [7, 11) is 0. The smallest absolute Gasteiger partial charge is 0.407 e. The van der Waals surface area contributed by atoms with Gasteiger partial charge < -0.3 is 15.2 Å². The Morgan fingerprint density at radius 1 is 1.29 bits per heavy atom. The molecule has 1 aromatic rings. The molecule has 0 aromatic heterocycles. The number of benzene rings is 1. The molecule has 0 bridgehead atoms. The molecular formula is C16H20Cl2N2O4. The molecule has 0 aliphatic carbocycles. The number of ether oxygens (including phenoxy) is 1. The van der Waals surface area contributed by atoms with Crippen molar-refractivity contribution in [1.29, 1.82) is 0 Å². The number of carbonyl (C=O) groups excluding carboxylic acids is 1. The maximum atomic E-state index is 11.8. The van der Waals surface area contributed by atoms with Crippen molar-refractivity contribution in [3.8, 4) is 0 Å². The van der Waals surface area contributed by atoms with Gasteiger partial charge in [0.25, 0.3) is 0 Å². The molecule has 1 saturated heterocycles. The summed E-state index contributed by atoms with van der Waals surface area (Å²) < 4.78 is 5.06. The van der Waals surface area contributed by atoms with E-state index in [1.165, 1.54) is 6.07 Å². The third-order valence-electron chi connectivity index (χ3n) is 3.87. The Hall–Kier alpha value is -1.50. The monoisotopic (exact) mass is 374 g/mol. The summed E-state index contributed by atoms with van der Waals surface area (Å²) in [6, 6.07) is 3.67. The molecular weight excluding hydrogens is 355 g/mol. The minimum atomic E-state index is -1.16. The number of rotatable bonds is 7. The number of carbonyl (C=O) groups is 2. The molecule has 2 rings (SSSR count). The lowest BCUT2D eigenvalue weighted by Crippen LogP contribution is -2.43. The van der Waals surface area contributed by atoms with Crippen LogP contribution in [0.3, 0.4) is 0 Å². The zero-order chi connectivity index (χ0) is 17.5. The Balaban J connectivity index is 1.83. The summed E-state index contributed by atoms with van der Waals surface area (Å²) in [6.07, 6.45) is 1.63. The van der Waals surface area contributed by atoms with Crippen LogP contribution in [0.4, 0.5) is 4.79 Å². The first-order valence-electron chi connectivity index (χ1n) is 7.78. The molecule has 1 heterocycles. The van der Waals surface area contributed by atoms with Crippen molar-refractivity contribution in [2.24, 2.45) is 0 Å². The molecule has 24 heavy (non-hydrogen) atoms. The van der Waals surface area contributed by atoms with Crippen LogP contribution in [-0.2, 0) is 16.0 Å². The zero-order valence-electron chi connectivity index (χ0n) is 13.1. The molecule has 6 nitrogen and oxygen atoms in total. The second kappa shape index (κ2) is 9.11. The predicted molar refractivity (Wildman–Crippen MR) is 91.7 cm³/mol. The van der Waals surface area contributed by atoms with Crippen LogP contribution in [0, 0.1) is 0 Å². The van der Waals surface area contributed by atoms with Gasteiger partial charge in [-0.25, -0.2) is 9.59 Å². The lowest BCUT2D eigenvalue weighted by atomic mass is 10.1. The van der Waals surface area contributed by atoms with Crippen molar-refractivity contribution < 1.29 is 19.4 Å². The zero-order valence-corrected chi connectivity index (χ0v) is 14.6. The maximum absolute atomic E-state index is 11.8. The number of likely N-dealkylation sites (tertiary alicyclic amines) is 1. The standard InChI is InChI=1S/C16H20Cl2N2O4/c17-12-4-3-11(13(18)10-12)9-14(15(21)22)19-16(23)24-8-7-20-5-1-2-6-20/h3-4,10,14H,1-2,5-9H2,(H,19,23)(H,21,22). The fourth-order valence-electron chi connectivity index (χ4n) is 2.56. The van der Waals surface area contributed by atoms with Gasteiger partial charge in [-0.2, -0.15) is 0 Å². The van der Waals surface area contributed by atoms with Crippen molar-refractivity contribution in [1.82, 2.24) is 10.2 Å². The third kappa shape index (κ3) is 5.85. The van der Waals surface area contributed by atoms with E-state index in [0.717, 1.165) is 25.9 Å². The van der Waals surface area contributed by atoms with Gasteiger partial charge in [0.1, 0.15) is 12.6 Å². The molecule has 8 heteroatoms. The predicted octanol–water partition coefficient (Wildman–Crippen LogP) is 2.81. The molecule has 0 spiro atoms. The highest BCUT2D eigenvalue weighted by molar-refractivity contribution is 6.35. The maximum Gasteiger partial charge on any atom is 0.407 e. The van der Waals surface area contributed by atoms with Crippen LogP contribution in [0.15, 0.2) is 18.2 Å². The van der Waals surface area contributed by atoms with E-state index >= 15 is 0 Å². The molecule has 0 saturated carbocycles. The van der Waals surface area contributed by atoms with Gasteiger partial charge in [-0.3, -0.25) is 4.90 Å². The number of alkyl carbamates (subject to hydrolysis) is 1. The van der Waals surface area contributed by atoms with Crippen LogP contribution >= 0.6 is 23.2 Å². The van der Waals surface area contributed by atoms with Crippen LogP contribution in [0.25, 0.3) is 0 Å². The van der Waals surface area contributed by atoms with Crippen LogP contribution in [0.5, 0.6) is 0 Å². The highest BCUT2D eigenvalue weighted by atomic mass is 35.5. The van der Waals surface area contributed by atoms with E-state index < -0.39 is 18.1 Å². The molecule has 1 atom stereocenters. The van der Waals surface area contributed by atoms with Gasteiger partial charge in [-0.15, -0.1) is 0 Å². The van der Waals surface area contributed by atoms with Gasteiger partial charge >= 0.3 is 12.1 Å². The van der Waals surface area contributed by atoms with Crippen LogP contribution in [-0.4, -0.2) is 54.4 Å². The number of nitrogens with zero attached hydrogens (tertiary/aromatic N) is 1. The Morgan fingerprint density at radius 2 is 2.00 bits per heavy atom. The number of hydrogen-bond acceptors (Lipinski definition) is 4. The number of hydrogen-bond donors (Lipinski definition) is 2. The molecule has 1 unspecified atom stereocenters. The van der Waals surface area contributed by atoms with Gasteiger partial charge in [0.2, 0.25) is 0 Å². The summed E-state index contributed by atoms with van der Waals surface area (Å²) in [5.41, 5.74) is 0.589. The summed E-state index contributed by atoms with van der Waals surface area (Å²) in [5.74, 6) is -1.16. The Kier molecular flexibility index (Phi) is 7.15. The van der Waals surface area contributed by atoms with Crippen molar-refractivity contribution in [2.75, 3.05) is 26.2 Å². The minimum absolute atomic E-state index is 0.0482. The molecule has 1 amide bonds. The highest BCUT2D eigenvalue weighted by Crippen LogP contribution is 2.22. The van der Waals surface area contributed by atoms with Gasteiger partial charge in [-0.05, 0) is 43.6 Å². The first-order valence-corrected chi connectivity index (χ1v) is 8.53. The average molecular weight is 375 g/mol. The first-order chi connectivity index (χ1) is 11.5. The lowest BCUT2D eigenvalue weighted by molar-refractivity contribution is -0.139. The summed E-state index contributed by atoms with van der Waals surface area (Å²) in [6.45, 7) is 2.92. The average Bonchev–Trinajstić information content (AvgIpc) is 3.02. The number of halogens is 2. The largest absolute Gasteiger partial charge is 0.480 e. The van der Waals surface area contributed by atoms with Crippen molar-refractivity contribution in [3.63, 3.8) is 0 Å². The SMILES string of the molecule is O=C(NC(Cc1ccc(Cl)cc1Cl)C(=O)O)OCCN1CCCC1. The van der Waals surface area contributed by atoms with E-state index in [1.54, 1.807) is 12.1 Å². The van der Waals surface area contributed by atoms with E-state index in [9.17, 15) is 14.7 Å². The van der Waals surface area contributed by atoms with Crippen LogP contribution in [0.1, 0.15) is 18.4 Å². The number of carboxylic acids is 1. The number of nitrogens with one attached hydrogen (secondary N) is 1. The topological polar surface area (TPSA) is 78.9 Å². The Morgan fingerprint density at radius 3 is 2.62 bits per heavy atom. The summed E-state index contributed by atoms with van der Waals surface area (Å²) in [4.78, 5) is 25.3. The van der Waals surface area contributed by atoms with Crippen molar-refractivity contribution in [3.05, 3.63) is 33.8 Å². The fraction of sp³-hybridized carbons (Fsp3) is 0.500. The molecule has 0 radical (unpaired) electrons. The van der Waals surface area contributed by atoms with E-state index in [2.05, 4.69) is 10.2 Å². The van der Waals surface area contributed by atoms with Gasteiger partial charge in [0.15, 0.2) is 0 Å². The fourth-order valence-corrected chi connectivity index (χ4v) is 3.05. The molecule has 2 N–H and O–H groups in total. The number of aliphatic carboxylic acids is 1. The van der Waals surface area contributed by atoms with E-state index in [-0.39, 0.29) is 13.0 Å². The molecule has 1 fully saturated rings. The molecule has 132 valence electrons. The first kappa shape index (κ1) is 18.8. The molecule has 1 aliphatic rings. The van der Waals surface area contributed by atoms with Crippen LogP contribution in [0.2, 0.25) is 10.0 Å². The Labute approximate surface area is 150 Å². The van der Waals surface area contributed by atoms with Gasteiger partial charge in [-0.1, -0.05) is 29.3 Å². The van der Waals surface area contributed by atoms with E-state index in [0.29, 0.717) is 22.2 Å². The number of carboxylic acid groups (broad SMARTS) is 1. The van der Waals surface area contributed by atoms with Crippen LogP contribution < -0.4 is 5.32 Å². The second-order valence-corrected chi connectivity index (χ2v) is 6.50. The second-order valence-electron chi connectivity index (χ2n) is 5.66. The van der Waals surface area contributed by atoms with Gasteiger partial charge in [0, 0.05) is 23.0 Å². The molecule has 1 aromatic carbocycles. The van der Waals surface area contributed by atoms with E-state index in [4.69, 9.17) is 27.9 Å². The quantitative estimate of drug-likeness (QED) is 0.766. The van der Waals surface area contributed by atoms with Gasteiger partial charge in [0.05, 0.1) is 0 Å².